The fourth-order valence-electron chi connectivity index (χ4n) is 3.20. The predicted molar refractivity (Wildman–Crippen MR) is 87.5 cm³/mol. The van der Waals surface area contributed by atoms with E-state index in [1.807, 2.05) is 19.1 Å². The van der Waals surface area contributed by atoms with Gasteiger partial charge in [0.1, 0.15) is 0 Å². The summed E-state index contributed by atoms with van der Waals surface area (Å²) < 4.78 is 27.5. The molecule has 0 amide bonds. The van der Waals surface area contributed by atoms with Crippen molar-refractivity contribution in [1.29, 1.82) is 0 Å². The highest BCUT2D eigenvalue weighted by Gasteiger charge is 2.22. The monoisotopic (exact) mass is 326 g/mol. The first kappa shape index (κ1) is 17.4. The van der Waals surface area contributed by atoms with Gasteiger partial charge in [-0.1, -0.05) is 17.7 Å². The topological polar surface area (TPSA) is 69.6 Å². The minimum atomic E-state index is -3.60. The molecule has 6 heteroatoms. The molecule has 1 fully saturated rings. The van der Waals surface area contributed by atoms with Crippen molar-refractivity contribution in [3.05, 3.63) is 28.8 Å². The molecule has 0 aliphatic carbocycles. The fourth-order valence-corrected chi connectivity index (χ4v) is 4.72. The van der Waals surface area contributed by atoms with Crippen molar-refractivity contribution in [1.82, 2.24) is 9.62 Å². The van der Waals surface area contributed by atoms with Gasteiger partial charge in [0, 0.05) is 13.1 Å². The van der Waals surface area contributed by atoms with Crippen LogP contribution in [0.15, 0.2) is 17.0 Å². The SMILES string of the molecule is Cc1cc(C)c(S(=O)(=O)NCC(O)CN2CCCC2)c(C)c1. The van der Waals surface area contributed by atoms with Gasteiger partial charge in [0.25, 0.3) is 0 Å². The van der Waals surface area contributed by atoms with Gasteiger partial charge in [-0.05, 0) is 57.8 Å². The average molecular weight is 326 g/mol. The van der Waals surface area contributed by atoms with Crippen LogP contribution in [0.2, 0.25) is 0 Å². The van der Waals surface area contributed by atoms with Crippen LogP contribution < -0.4 is 4.72 Å². The van der Waals surface area contributed by atoms with Gasteiger partial charge in [-0.25, -0.2) is 13.1 Å². The summed E-state index contributed by atoms with van der Waals surface area (Å²) in [5, 5.41) is 10.0. The van der Waals surface area contributed by atoms with Gasteiger partial charge in [0.15, 0.2) is 0 Å². The molecule has 0 saturated carbocycles. The Bertz CT molecular complexity index is 599. The van der Waals surface area contributed by atoms with Crippen LogP contribution in [0, 0.1) is 20.8 Å². The Morgan fingerprint density at radius 3 is 2.27 bits per heavy atom. The zero-order valence-electron chi connectivity index (χ0n) is 13.6. The Morgan fingerprint density at radius 1 is 1.18 bits per heavy atom. The highest BCUT2D eigenvalue weighted by molar-refractivity contribution is 7.89. The van der Waals surface area contributed by atoms with E-state index in [1.165, 1.54) is 0 Å². The fraction of sp³-hybridized carbons (Fsp3) is 0.625. The van der Waals surface area contributed by atoms with Crippen molar-refractivity contribution >= 4 is 10.0 Å². The van der Waals surface area contributed by atoms with E-state index in [9.17, 15) is 13.5 Å². The van der Waals surface area contributed by atoms with Crippen LogP contribution in [0.5, 0.6) is 0 Å². The van der Waals surface area contributed by atoms with Gasteiger partial charge in [0.2, 0.25) is 10.0 Å². The lowest BCUT2D eigenvalue weighted by Crippen LogP contribution is -2.39. The Balaban J connectivity index is 2.02. The first-order valence-corrected chi connectivity index (χ1v) is 9.26. The lowest BCUT2D eigenvalue weighted by Gasteiger charge is -2.20. The van der Waals surface area contributed by atoms with E-state index in [4.69, 9.17) is 0 Å². The molecule has 0 aromatic heterocycles. The summed E-state index contributed by atoms with van der Waals surface area (Å²) in [7, 11) is -3.60. The number of aryl methyl sites for hydroxylation is 3. The molecule has 5 nitrogen and oxygen atoms in total. The molecule has 1 aliphatic heterocycles. The molecule has 1 aromatic rings. The minimum Gasteiger partial charge on any atom is -0.390 e. The van der Waals surface area contributed by atoms with Gasteiger partial charge in [-0.15, -0.1) is 0 Å². The van der Waals surface area contributed by atoms with Crippen molar-refractivity contribution in [2.75, 3.05) is 26.2 Å². The van der Waals surface area contributed by atoms with Crippen molar-refractivity contribution < 1.29 is 13.5 Å². The molecule has 0 spiro atoms. The first-order valence-electron chi connectivity index (χ1n) is 7.77. The molecular formula is C16H26N2O3S. The second kappa shape index (κ2) is 7.08. The molecule has 1 saturated heterocycles. The third-order valence-electron chi connectivity index (χ3n) is 4.05. The van der Waals surface area contributed by atoms with Crippen molar-refractivity contribution in [3.63, 3.8) is 0 Å². The van der Waals surface area contributed by atoms with Gasteiger partial charge < -0.3 is 10.0 Å². The summed E-state index contributed by atoms with van der Waals surface area (Å²) in [6, 6.07) is 3.73. The molecule has 22 heavy (non-hydrogen) atoms. The van der Waals surface area contributed by atoms with Crippen LogP contribution in [-0.4, -0.2) is 50.7 Å². The van der Waals surface area contributed by atoms with Crippen LogP contribution in [0.1, 0.15) is 29.5 Å². The number of rotatable bonds is 6. The quantitative estimate of drug-likeness (QED) is 0.828. The van der Waals surface area contributed by atoms with Crippen molar-refractivity contribution in [3.8, 4) is 0 Å². The van der Waals surface area contributed by atoms with E-state index in [0.29, 0.717) is 11.4 Å². The lowest BCUT2D eigenvalue weighted by atomic mass is 10.1. The second-order valence-corrected chi connectivity index (χ2v) is 7.95. The van der Waals surface area contributed by atoms with Crippen LogP contribution in [-0.2, 0) is 10.0 Å². The number of likely N-dealkylation sites (tertiary alicyclic amines) is 1. The van der Waals surface area contributed by atoms with Crippen molar-refractivity contribution in [2.24, 2.45) is 0 Å². The zero-order valence-corrected chi connectivity index (χ0v) is 14.4. The molecule has 0 radical (unpaired) electrons. The Morgan fingerprint density at radius 2 is 1.73 bits per heavy atom. The minimum absolute atomic E-state index is 0.0472. The molecule has 124 valence electrons. The van der Waals surface area contributed by atoms with E-state index in [2.05, 4.69) is 9.62 Å². The largest absolute Gasteiger partial charge is 0.390 e. The number of sulfonamides is 1. The lowest BCUT2D eigenvalue weighted by molar-refractivity contribution is 0.128. The molecule has 1 unspecified atom stereocenters. The van der Waals surface area contributed by atoms with Crippen LogP contribution >= 0.6 is 0 Å². The number of aliphatic hydroxyl groups is 1. The highest BCUT2D eigenvalue weighted by atomic mass is 32.2. The summed E-state index contributed by atoms with van der Waals surface area (Å²) in [6.45, 7) is 8.09. The van der Waals surface area contributed by atoms with Gasteiger partial charge >= 0.3 is 0 Å². The number of aliphatic hydroxyl groups excluding tert-OH is 1. The van der Waals surface area contributed by atoms with E-state index in [1.54, 1.807) is 13.8 Å². The Labute approximate surface area is 133 Å². The van der Waals surface area contributed by atoms with Gasteiger partial charge in [-0.3, -0.25) is 0 Å². The number of nitrogens with one attached hydrogen (secondary N) is 1. The first-order chi connectivity index (χ1) is 10.3. The number of nitrogens with zero attached hydrogens (tertiary/aromatic N) is 1. The third-order valence-corrected chi connectivity index (χ3v) is 5.78. The average Bonchev–Trinajstić information content (AvgIpc) is 2.87. The normalized spacial score (nSPS) is 17.8. The summed E-state index contributed by atoms with van der Waals surface area (Å²) in [4.78, 5) is 2.49. The molecule has 1 atom stereocenters. The van der Waals surface area contributed by atoms with Crippen LogP contribution in [0.4, 0.5) is 0 Å². The van der Waals surface area contributed by atoms with E-state index < -0.39 is 16.1 Å². The number of β-amino-alcohol motifs (C(OH)–C–C–N with tert-alkyl or cyclic N) is 1. The second-order valence-electron chi connectivity index (χ2n) is 6.24. The summed E-state index contributed by atoms with van der Waals surface area (Å²) in [5.74, 6) is 0. The number of benzene rings is 1. The molecular weight excluding hydrogens is 300 g/mol. The highest BCUT2D eigenvalue weighted by Crippen LogP contribution is 2.21. The maximum absolute atomic E-state index is 12.5. The smallest absolute Gasteiger partial charge is 0.241 e. The van der Waals surface area contributed by atoms with E-state index >= 15 is 0 Å². The Hall–Kier alpha value is -0.950. The molecule has 2 rings (SSSR count). The zero-order chi connectivity index (χ0) is 16.3. The number of hydrogen-bond donors (Lipinski definition) is 2. The van der Waals surface area contributed by atoms with Crippen molar-refractivity contribution in [2.45, 2.75) is 44.6 Å². The summed E-state index contributed by atoms with van der Waals surface area (Å²) >= 11 is 0. The maximum Gasteiger partial charge on any atom is 0.241 e. The Kier molecular flexibility index (Phi) is 5.60. The summed E-state index contributed by atoms with van der Waals surface area (Å²) in [5.41, 5.74) is 2.51. The number of hydrogen-bond acceptors (Lipinski definition) is 4. The molecule has 2 N–H and O–H groups in total. The van der Waals surface area contributed by atoms with Crippen LogP contribution in [0.25, 0.3) is 0 Å². The molecule has 1 aliphatic rings. The standard InChI is InChI=1S/C16H26N2O3S/c1-12-8-13(2)16(14(3)9-12)22(20,21)17-10-15(19)11-18-6-4-5-7-18/h8-9,15,17,19H,4-7,10-11H2,1-3H3. The van der Waals surface area contributed by atoms with E-state index in [-0.39, 0.29) is 6.54 Å². The van der Waals surface area contributed by atoms with Crippen LogP contribution in [0.3, 0.4) is 0 Å². The predicted octanol–water partition coefficient (Wildman–Crippen LogP) is 1.35. The van der Waals surface area contributed by atoms with Gasteiger partial charge in [-0.2, -0.15) is 0 Å². The molecule has 1 heterocycles. The van der Waals surface area contributed by atoms with Gasteiger partial charge in [0.05, 0.1) is 11.0 Å². The maximum atomic E-state index is 12.5. The third kappa shape index (κ3) is 4.29. The molecule has 0 bridgehead atoms. The van der Waals surface area contributed by atoms with E-state index in [0.717, 1.165) is 42.6 Å². The summed E-state index contributed by atoms with van der Waals surface area (Å²) in [6.07, 6.45) is 1.62. The molecule has 1 aromatic carbocycles.